The van der Waals surface area contributed by atoms with E-state index in [1.807, 2.05) is 0 Å². The van der Waals surface area contributed by atoms with Crippen LogP contribution in [0.15, 0.2) is 6.33 Å². The number of carboxylic acid groups (broad SMARTS) is 1. The summed E-state index contributed by atoms with van der Waals surface area (Å²) in [6.07, 6.45) is 3.11. The molecule has 0 radical (unpaired) electrons. The molecule has 0 aromatic carbocycles. The quantitative estimate of drug-likeness (QED) is 0.658. The Balaban J connectivity index is 2.13. The summed E-state index contributed by atoms with van der Waals surface area (Å²) in [5, 5.41) is 18.6. The Morgan fingerprint density at radius 1 is 1.41 bits per heavy atom. The smallest absolute Gasteiger partial charge is 0.303 e. The van der Waals surface area contributed by atoms with Crippen LogP contribution in [0, 0.1) is 0 Å². The highest BCUT2D eigenvalue weighted by molar-refractivity contribution is 5.75. The summed E-state index contributed by atoms with van der Waals surface area (Å²) in [5.74, 6) is -0.244. The number of hydrogen-bond donors (Lipinski definition) is 2. The second kappa shape index (κ2) is 6.62. The number of carboxylic acids is 1. The zero-order valence-electron chi connectivity index (χ0n) is 9.72. The van der Waals surface area contributed by atoms with E-state index in [9.17, 15) is 9.59 Å². The van der Waals surface area contributed by atoms with Gasteiger partial charge >= 0.3 is 5.97 Å². The van der Waals surface area contributed by atoms with Gasteiger partial charge < -0.3 is 15.0 Å². The summed E-state index contributed by atoms with van der Waals surface area (Å²) in [6.45, 7) is 0.342. The third-order valence-corrected chi connectivity index (χ3v) is 2.29. The fourth-order valence-electron chi connectivity index (χ4n) is 1.29. The lowest BCUT2D eigenvalue weighted by atomic mass is 10.2. The van der Waals surface area contributed by atoms with Gasteiger partial charge in [0.1, 0.15) is 6.33 Å². The first-order valence-electron chi connectivity index (χ1n) is 5.41. The average molecular weight is 240 g/mol. The van der Waals surface area contributed by atoms with Crippen molar-refractivity contribution in [3.05, 3.63) is 12.2 Å². The molecule has 0 saturated heterocycles. The lowest BCUT2D eigenvalue weighted by molar-refractivity contribution is -0.137. The van der Waals surface area contributed by atoms with Gasteiger partial charge in [-0.2, -0.15) is 0 Å². The molecule has 1 amide bonds. The van der Waals surface area contributed by atoms with Crippen LogP contribution in [0.25, 0.3) is 0 Å². The fourth-order valence-corrected chi connectivity index (χ4v) is 1.29. The molecule has 1 aromatic heterocycles. The number of rotatable bonds is 7. The van der Waals surface area contributed by atoms with Crippen molar-refractivity contribution in [2.24, 2.45) is 7.05 Å². The third-order valence-electron chi connectivity index (χ3n) is 2.29. The van der Waals surface area contributed by atoms with Crippen LogP contribution in [-0.2, 0) is 23.2 Å². The van der Waals surface area contributed by atoms with Crippen molar-refractivity contribution < 1.29 is 14.7 Å². The maximum Gasteiger partial charge on any atom is 0.303 e. The van der Waals surface area contributed by atoms with Crippen LogP contribution in [0.2, 0.25) is 0 Å². The second-order valence-corrected chi connectivity index (χ2v) is 3.74. The molecule has 1 heterocycles. The molecular weight excluding hydrogens is 224 g/mol. The Morgan fingerprint density at radius 2 is 2.12 bits per heavy atom. The lowest BCUT2D eigenvalue weighted by Gasteiger charge is -2.04. The van der Waals surface area contributed by atoms with E-state index in [-0.39, 0.29) is 12.3 Å². The number of amides is 1. The average Bonchev–Trinajstić information content (AvgIpc) is 2.67. The largest absolute Gasteiger partial charge is 0.481 e. The van der Waals surface area contributed by atoms with E-state index in [0.717, 1.165) is 0 Å². The predicted molar refractivity (Wildman–Crippen MR) is 59.0 cm³/mol. The Bertz CT molecular complexity index is 389. The molecule has 0 aliphatic rings. The first-order chi connectivity index (χ1) is 8.09. The minimum absolute atomic E-state index is 0.0987. The molecule has 0 atom stereocenters. The highest BCUT2D eigenvalue weighted by Crippen LogP contribution is 2.00. The van der Waals surface area contributed by atoms with Crippen LogP contribution in [0.4, 0.5) is 0 Å². The Kier molecular flexibility index (Phi) is 5.12. The number of aromatic nitrogens is 3. The molecular formula is C10H16N4O3. The van der Waals surface area contributed by atoms with Crippen LogP contribution in [0.3, 0.4) is 0 Å². The van der Waals surface area contributed by atoms with Gasteiger partial charge in [0, 0.05) is 19.9 Å². The summed E-state index contributed by atoms with van der Waals surface area (Å²) in [7, 11) is 1.80. The topological polar surface area (TPSA) is 97.1 Å². The van der Waals surface area contributed by atoms with Crippen molar-refractivity contribution in [3.63, 3.8) is 0 Å². The van der Waals surface area contributed by atoms with Gasteiger partial charge in [0.15, 0.2) is 5.82 Å². The Labute approximate surface area is 98.8 Å². The fraction of sp³-hybridized carbons (Fsp3) is 0.600. The summed E-state index contributed by atoms with van der Waals surface area (Å²) >= 11 is 0. The predicted octanol–water partition coefficient (Wildman–Crippen LogP) is 0.0763. The van der Waals surface area contributed by atoms with E-state index in [2.05, 4.69) is 15.5 Å². The zero-order valence-corrected chi connectivity index (χ0v) is 9.72. The molecule has 7 nitrogen and oxygen atoms in total. The van der Waals surface area contributed by atoms with Crippen molar-refractivity contribution in [1.29, 1.82) is 0 Å². The number of nitrogens with one attached hydrogen (secondary N) is 1. The second-order valence-electron chi connectivity index (χ2n) is 3.74. The number of aryl methyl sites for hydroxylation is 1. The highest BCUT2D eigenvalue weighted by Gasteiger charge is 2.05. The highest BCUT2D eigenvalue weighted by atomic mass is 16.4. The van der Waals surface area contributed by atoms with E-state index in [4.69, 9.17) is 5.11 Å². The SMILES string of the molecule is Cn1cnnc1CNC(=O)CCCCC(=O)O. The lowest BCUT2D eigenvalue weighted by Crippen LogP contribution is -2.24. The monoisotopic (exact) mass is 240 g/mol. The van der Waals surface area contributed by atoms with Gasteiger partial charge in [-0.3, -0.25) is 9.59 Å². The minimum atomic E-state index is -0.829. The van der Waals surface area contributed by atoms with Gasteiger partial charge in [-0.05, 0) is 12.8 Å². The molecule has 0 fully saturated rings. The molecule has 94 valence electrons. The van der Waals surface area contributed by atoms with E-state index in [1.54, 1.807) is 17.9 Å². The molecule has 17 heavy (non-hydrogen) atoms. The van der Waals surface area contributed by atoms with Gasteiger partial charge in [-0.25, -0.2) is 0 Å². The maximum absolute atomic E-state index is 11.4. The van der Waals surface area contributed by atoms with Crippen LogP contribution < -0.4 is 5.32 Å². The molecule has 7 heteroatoms. The van der Waals surface area contributed by atoms with Crippen molar-refractivity contribution in [3.8, 4) is 0 Å². The van der Waals surface area contributed by atoms with Gasteiger partial charge in [-0.1, -0.05) is 0 Å². The van der Waals surface area contributed by atoms with Gasteiger partial charge in [0.25, 0.3) is 0 Å². The Hall–Kier alpha value is -1.92. The number of carbonyl (C=O) groups is 2. The molecule has 0 unspecified atom stereocenters. The van der Waals surface area contributed by atoms with Gasteiger partial charge in [-0.15, -0.1) is 10.2 Å². The number of aliphatic carboxylic acids is 1. The first-order valence-corrected chi connectivity index (χ1v) is 5.41. The van der Waals surface area contributed by atoms with E-state index < -0.39 is 5.97 Å². The van der Waals surface area contributed by atoms with E-state index >= 15 is 0 Å². The summed E-state index contributed by atoms with van der Waals surface area (Å²) in [6, 6.07) is 0. The van der Waals surface area contributed by atoms with Crippen LogP contribution >= 0.6 is 0 Å². The number of unbranched alkanes of at least 4 members (excludes halogenated alkanes) is 1. The Morgan fingerprint density at radius 3 is 2.71 bits per heavy atom. The minimum Gasteiger partial charge on any atom is -0.481 e. The van der Waals surface area contributed by atoms with E-state index in [0.29, 0.717) is 31.6 Å². The summed E-state index contributed by atoms with van der Waals surface area (Å²) in [5.41, 5.74) is 0. The molecule has 1 aromatic rings. The standard InChI is InChI=1S/C10H16N4O3/c1-14-7-12-13-8(14)6-11-9(15)4-2-3-5-10(16)17/h7H,2-6H2,1H3,(H,11,15)(H,16,17). The van der Waals surface area contributed by atoms with E-state index in [1.165, 1.54) is 0 Å². The third kappa shape index (κ3) is 5.10. The summed E-state index contributed by atoms with van der Waals surface area (Å²) in [4.78, 5) is 21.6. The van der Waals surface area contributed by atoms with Crippen molar-refractivity contribution >= 4 is 11.9 Å². The van der Waals surface area contributed by atoms with Crippen molar-refractivity contribution in [2.75, 3.05) is 0 Å². The van der Waals surface area contributed by atoms with Crippen LogP contribution in [0.1, 0.15) is 31.5 Å². The van der Waals surface area contributed by atoms with Crippen LogP contribution in [-0.4, -0.2) is 31.7 Å². The zero-order chi connectivity index (χ0) is 12.7. The number of carbonyl (C=O) groups excluding carboxylic acids is 1. The molecule has 0 aliphatic heterocycles. The summed E-state index contributed by atoms with van der Waals surface area (Å²) < 4.78 is 1.73. The van der Waals surface area contributed by atoms with Crippen molar-refractivity contribution in [2.45, 2.75) is 32.2 Å². The van der Waals surface area contributed by atoms with Gasteiger partial charge in [0.05, 0.1) is 6.54 Å². The first kappa shape index (κ1) is 13.1. The normalized spacial score (nSPS) is 10.2. The number of nitrogens with zero attached hydrogens (tertiary/aromatic N) is 3. The maximum atomic E-state index is 11.4. The molecule has 0 bridgehead atoms. The molecule has 0 saturated carbocycles. The molecule has 2 N–H and O–H groups in total. The molecule has 0 spiro atoms. The molecule has 1 rings (SSSR count). The van der Waals surface area contributed by atoms with Crippen molar-refractivity contribution in [1.82, 2.24) is 20.1 Å². The molecule has 0 aliphatic carbocycles. The van der Waals surface area contributed by atoms with Crippen LogP contribution in [0.5, 0.6) is 0 Å². The van der Waals surface area contributed by atoms with Gasteiger partial charge in [0.2, 0.25) is 5.91 Å². The number of hydrogen-bond acceptors (Lipinski definition) is 4.